The molecule has 7 heteroatoms. The summed E-state index contributed by atoms with van der Waals surface area (Å²) in [7, 11) is 0. The topological polar surface area (TPSA) is 68.3 Å². The number of carbonyl (C=O) groups excluding carboxylic acids is 1. The minimum Gasteiger partial charge on any atom is -0.467 e. The Hall–Kier alpha value is -3.22. The quantitative estimate of drug-likeness (QED) is 0.677. The molecule has 1 aliphatic rings. The SMILES string of the molecule is Cc1cc(=O)c(C(=O)N(C2CC2)C(C)c2ccco2)nn1-c1ccccc1F. The van der Waals surface area contributed by atoms with Crippen LogP contribution in [0.3, 0.4) is 0 Å². The molecule has 3 aromatic rings. The van der Waals surface area contributed by atoms with Crippen LogP contribution in [0.2, 0.25) is 0 Å². The van der Waals surface area contributed by atoms with Gasteiger partial charge in [-0.3, -0.25) is 9.59 Å². The predicted octanol–water partition coefficient (Wildman–Crippen LogP) is 3.64. The zero-order valence-electron chi connectivity index (χ0n) is 15.6. The Morgan fingerprint density at radius 1 is 1.29 bits per heavy atom. The standard InChI is InChI=1S/C21H20FN3O3/c1-13-12-18(26)20(23-25(13)17-7-4-3-6-16(17)22)21(27)24(15-9-10-15)14(2)19-8-5-11-28-19/h3-8,11-12,14-15H,9-10H2,1-2H3. The monoisotopic (exact) mass is 381 g/mol. The number of furan rings is 1. The van der Waals surface area contributed by atoms with Gasteiger partial charge >= 0.3 is 0 Å². The molecule has 28 heavy (non-hydrogen) atoms. The molecule has 1 atom stereocenters. The normalized spacial score (nSPS) is 14.7. The molecule has 1 unspecified atom stereocenters. The van der Waals surface area contributed by atoms with Crippen LogP contribution in [-0.4, -0.2) is 26.6 Å². The number of benzene rings is 1. The van der Waals surface area contributed by atoms with E-state index in [0.717, 1.165) is 12.8 Å². The van der Waals surface area contributed by atoms with E-state index < -0.39 is 17.2 Å². The van der Waals surface area contributed by atoms with E-state index in [1.165, 1.54) is 16.8 Å². The smallest absolute Gasteiger partial charge is 0.279 e. The third-order valence-corrected chi connectivity index (χ3v) is 4.94. The first-order chi connectivity index (χ1) is 13.5. The number of carbonyl (C=O) groups is 1. The van der Waals surface area contributed by atoms with E-state index in [1.54, 1.807) is 48.4 Å². The van der Waals surface area contributed by atoms with Gasteiger partial charge in [0.05, 0.1) is 12.3 Å². The van der Waals surface area contributed by atoms with Gasteiger partial charge in [0, 0.05) is 17.8 Å². The van der Waals surface area contributed by atoms with Crippen LogP contribution in [-0.2, 0) is 0 Å². The van der Waals surface area contributed by atoms with Crippen molar-refractivity contribution in [1.29, 1.82) is 0 Å². The maximum Gasteiger partial charge on any atom is 0.279 e. The van der Waals surface area contributed by atoms with Gasteiger partial charge in [-0.15, -0.1) is 0 Å². The number of amides is 1. The largest absolute Gasteiger partial charge is 0.467 e. The molecule has 144 valence electrons. The van der Waals surface area contributed by atoms with Crippen molar-refractivity contribution in [2.75, 3.05) is 0 Å². The second kappa shape index (κ2) is 7.07. The fourth-order valence-corrected chi connectivity index (χ4v) is 3.36. The van der Waals surface area contributed by atoms with Crippen molar-refractivity contribution in [3.63, 3.8) is 0 Å². The highest BCUT2D eigenvalue weighted by atomic mass is 19.1. The molecule has 2 heterocycles. The number of aromatic nitrogens is 2. The lowest BCUT2D eigenvalue weighted by Gasteiger charge is -2.27. The molecule has 0 spiro atoms. The molecule has 0 saturated heterocycles. The number of halogens is 1. The first-order valence-corrected chi connectivity index (χ1v) is 9.19. The summed E-state index contributed by atoms with van der Waals surface area (Å²) in [5, 5.41) is 4.24. The van der Waals surface area contributed by atoms with Gasteiger partial charge in [0.2, 0.25) is 5.43 Å². The van der Waals surface area contributed by atoms with Gasteiger partial charge in [-0.1, -0.05) is 12.1 Å². The highest BCUT2D eigenvalue weighted by Gasteiger charge is 2.39. The van der Waals surface area contributed by atoms with Gasteiger partial charge in [0.1, 0.15) is 17.3 Å². The van der Waals surface area contributed by atoms with Crippen LogP contribution in [0.5, 0.6) is 0 Å². The van der Waals surface area contributed by atoms with Gasteiger partial charge in [-0.05, 0) is 51.0 Å². The Kier molecular flexibility index (Phi) is 4.58. The molecule has 1 saturated carbocycles. The molecule has 0 aliphatic heterocycles. The minimum absolute atomic E-state index is 0.0389. The van der Waals surface area contributed by atoms with Crippen LogP contribution in [0.15, 0.2) is 57.9 Å². The number of nitrogens with zero attached hydrogens (tertiary/aromatic N) is 3. The van der Waals surface area contributed by atoms with Crippen LogP contribution < -0.4 is 5.43 Å². The Balaban J connectivity index is 1.77. The van der Waals surface area contributed by atoms with Gasteiger partial charge in [-0.25, -0.2) is 9.07 Å². The van der Waals surface area contributed by atoms with Gasteiger partial charge in [0.15, 0.2) is 5.69 Å². The summed E-state index contributed by atoms with van der Waals surface area (Å²) < 4.78 is 21.0. The van der Waals surface area contributed by atoms with Gasteiger partial charge in [-0.2, -0.15) is 5.10 Å². The van der Waals surface area contributed by atoms with Crippen LogP contribution in [0.25, 0.3) is 5.69 Å². The lowest BCUT2D eigenvalue weighted by Crippen LogP contribution is -2.39. The number of aryl methyl sites for hydroxylation is 1. The molecule has 0 radical (unpaired) electrons. The second-order valence-electron chi connectivity index (χ2n) is 7.00. The summed E-state index contributed by atoms with van der Waals surface area (Å²) in [5.74, 6) is -0.313. The first-order valence-electron chi connectivity index (χ1n) is 9.19. The van der Waals surface area contributed by atoms with Crippen LogP contribution in [0.4, 0.5) is 4.39 Å². The molecule has 1 aromatic carbocycles. The summed E-state index contributed by atoms with van der Waals surface area (Å²) in [6.45, 7) is 3.51. The molecule has 2 aromatic heterocycles. The highest BCUT2D eigenvalue weighted by Crippen LogP contribution is 2.35. The molecule has 0 bridgehead atoms. The molecule has 1 fully saturated rings. The number of hydrogen-bond acceptors (Lipinski definition) is 4. The van der Waals surface area contributed by atoms with E-state index in [4.69, 9.17) is 4.42 Å². The maximum atomic E-state index is 14.3. The van der Waals surface area contributed by atoms with Crippen LogP contribution in [0, 0.1) is 12.7 Å². The average Bonchev–Trinajstić information content (AvgIpc) is 3.34. The Bertz CT molecular complexity index is 1070. The predicted molar refractivity (Wildman–Crippen MR) is 101 cm³/mol. The van der Waals surface area contributed by atoms with Crippen LogP contribution >= 0.6 is 0 Å². The van der Waals surface area contributed by atoms with E-state index in [9.17, 15) is 14.0 Å². The Labute approximate surface area is 161 Å². The van der Waals surface area contributed by atoms with Crippen molar-refractivity contribution in [3.05, 3.63) is 81.9 Å². The average molecular weight is 381 g/mol. The summed E-state index contributed by atoms with van der Waals surface area (Å²) >= 11 is 0. The zero-order chi connectivity index (χ0) is 19.8. The fourth-order valence-electron chi connectivity index (χ4n) is 3.36. The van der Waals surface area contributed by atoms with Crippen molar-refractivity contribution in [1.82, 2.24) is 14.7 Å². The molecule has 1 amide bonds. The minimum atomic E-state index is -0.483. The molecule has 0 N–H and O–H groups in total. The number of para-hydroxylation sites is 1. The molecule has 4 rings (SSSR count). The number of rotatable bonds is 5. The lowest BCUT2D eigenvalue weighted by atomic mass is 10.2. The van der Waals surface area contributed by atoms with Gasteiger partial charge < -0.3 is 9.32 Å². The third kappa shape index (κ3) is 3.24. The van der Waals surface area contributed by atoms with Crippen molar-refractivity contribution in [3.8, 4) is 5.69 Å². The van der Waals surface area contributed by atoms with E-state index in [1.807, 2.05) is 6.92 Å². The van der Waals surface area contributed by atoms with Crippen molar-refractivity contribution in [2.24, 2.45) is 0 Å². The van der Waals surface area contributed by atoms with E-state index in [0.29, 0.717) is 11.5 Å². The van der Waals surface area contributed by atoms with E-state index >= 15 is 0 Å². The fraction of sp³-hybridized carbons (Fsp3) is 0.286. The number of hydrogen-bond donors (Lipinski definition) is 0. The van der Waals surface area contributed by atoms with Gasteiger partial charge in [0.25, 0.3) is 5.91 Å². The first kappa shape index (κ1) is 18.2. The summed E-state index contributed by atoms with van der Waals surface area (Å²) in [6.07, 6.45) is 3.28. The molecule has 1 aliphatic carbocycles. The molecular formula is C21H20FN3O3. The second-order valence-corrected chi connectivity index (χ2v) is 7.00. The maximum absolute atomic E-state index is 14.3. The van der Waals surface area contributed by atoms with Crippen molar-refractivity contribution < 1.29 is 13.6 Å². The van der Waals surface area contributed by atoms with Crippen molar-refractivity contribution in [2.45, 2.75) is 38.8 Å². The van der Waals surface area contributed by atoms with Crippen molar-refractivity contribution >= 4 is 5.91 Å². The zero-order valence-corrected chi connectivity index (χ0v) is 15.6. The molecule has 6 nitrogen and oxygen atoms in total. The van der Waals surface area contributed by atoms with E-state index in [2.05, 4.69) is 5.10 Å². The summed E-state index contributed by atoms with van der Waals surface area (Å²) in [5.41, 5.74) is -0.0682. The summed E-state index contributed by atoms with van der Waals surface area (Å²) in [6, 6.07) is 10.7. The molecular weight excluding hydrogens is 361 g/mol. The summed E-state index contributed by atoms with van der Waals surface area (Å²) in [4.78, 5) is 27.5. The van der Waals surface area contributed by atoms with Crippen LogP contribution in [0.1, 0.15) is 47.7 Å². The highest BCUT2D eigenvalue weighted by molar-refractivity contribution is 5.92. The Morgan fingerprint density at radius 2 is 2.04 bits per heavy atom. The third-order valence-electron chi connectivity index (χ3n) is 4.94. The lowest BCUT2D eigenvalue weighted by molar-refractivity contribution is 0.0643. The van der Waals surface area contributed by atoms with E-state index in [-0.39, 0.29) is 23.5 Å². The Morgan fingerprint density at radius 3 is 2.68 bits per heavy atom.